The van der Waals surface area contributed by atoms with Crippen molar-refractivity contribution in [1.82, 2.24) is 25.4 Å². The fraction of sp³-hybridized carbons (Fsp3) is 0.474. The molecule has 1 aromatic heterocycles. The number of aromatic nitrogens is 3. The van der Waals surface area contributed by atoms with E-state index >= 15 is 0 Å². The van der Waals surface area contributed by atoms with Crippen molar-refractivity contribution >= 4 is 29.4 Å². The first-order chi connectivity index (χ1) is 14.7. The molecule has 2 N–H and O–H groups in total. The molecule has 0 aliphatic rings. The van der Waals surface area contributed by atoms with E-state index in [-0.39, 0.29) is 5.75 Å². The van der Waals surface area contributed by atoms with Crippen LogP contribution < -0.4 is 15.5 Å². The molecule has 0 bridgehead atoms. The van der Waals surface area contributed by atoms with E-state index in [4.69, 9.17) is 0 Å². The Bertz CT molecular complexity index is 882. The van der Waals surface area contributed by atoms with Gasteiger partial charge in [-0.05, 0) is 45.0 Å². The maximum absolute atomic E-state index is 12.1. The zero-order valence-corrected chi connectivity index (χ0v) is 18.3. The number of urea groups is 1. The quantitative estimate of drug-likeness (QED) is 0.561. The number of alkyl halides is 3. The van der Waals surface area contributed by atoms with Crippen molar-refractivity contribution in [1.29, 1.82) is 0 Å². The number of thioether (sulfide) groups is 1. The van der Waals surface area contributed by atoms with Crippen LogP contribution in [0.5, 0.6) is 0 Å². The van der Waals surface area contributed by atoms with E-state index in [9.17, 15) is 22.8 Å². The van der Waals surface area contributed by atoms with Gasteiger partial charge in [0.2, 0.25) is 5.91 Å². The molecule has 0 saturated heterocycles. The molecule has 3 amide bonds. The summed E-state index contributed by atoms with van der Waals surface area (Å²) in [6.45, 7) is 6.92. The fourth-order valence-corrected chi connectivity index (χ4v) is 3.62. The fourth-order valence-electron chi connectivity index (χ4n) is 2.82. The maximum atomic E-state index is 12.1. The number of halogens is 3. The predicted molar refractivity (Wildman–Crippen MR) is 113 cm³/mol. The number of carbonyl (C=O) groups excluding carboxylic acids is 2. The molecule has 0 unspecified atom stereocenters. The van der Waals surface area contributed by atoms with Crippen LogP contribution in [-0.2, 0) is 11.3 Å². The molecule has 31 heavy (non-hydrogen) atoms. The van der Waals surface area contributed by atoms with E-state index < -0.39 is 24.7 Å². The second-order valence-electron chi connectivity index (χ2n) is 6.40. The first kappa shape index (κ1) is 24.5. The molecule has 2 aromatic rings. The van der Waals surface area contributed by atoms with E-state index in [1.807, 2.05) is 41.1 Å². The van der Waals surface area contributed by atoms with Gasteiger partial charge >= 0.3 is 12.2 Å². The largest absolute Gasteiger partial charge is 0.405 e. The second kappa shape index (κ2) is 11.0. The SMILES string of the molecule is CCN(CC)c1ccc(-c2nnc(SCC(=O)NC(=O)NCC(F)(F)F)n2CC)cc1. The van der Waals surface area contributed by atoms with Crippen LogP contribution in [0.15, 0.2) is 29.4 Å². The lowest BCUT2D eigenvalue weighted by atomic mass is 10.2. The highest BCUT2D eigenvalue weighted by Gasteiger charge is 2.28. The Morgan fingerprint density at radius 1 is 1.10 bits per heavy atom. The third-order valence-electron chi connectivity index (χ3n) is 4.32. The molecule has 0 fully saturated rings. The minimum Gasteiger partial charge on any atom is -0.372 e. The zero-order chi connectivity index (χ0) is 23.0. The van der Waals surface area contributed by atoms with Gasteiger partial charge in [0.05, 0.1) is 5.75 Å². The number of nitrogens with one attached hydrogen (secondary N) is 2. The summed E-state index contributed by atoms with van der Waals surface area (Å²) in [7, 11) is 0. The molecule has 0 atom stereocenters. The van der Waals surface area contributed by atoms with Crippen molar-refractivity contribution in [2.45, 2.75) is 38.6 Å². The number of carbonyl (C=O) groups is 2. The van der Waals surface area contributed by atoms with E-state index in [0.29, 0.717) is 17.5 Å². The molecule has 170 valence electrons. The molecule has 0 saturated carbocycles. The van der Waals surface area contributed by atoms with Crippen LogP contribution in [0.3, 0.4) is 0 Å². The summed E-state index contributed by atoms with van der Waals surface area (Å²) in [6, 6.07) is 6.73. The summed E-state index contributed by atoms with van der Waals surface area (Å²) in [4.78, 5) is 25.4. The normalized spacial score (nSPS) is 11.3. The molecule has 1 aromatic carbocycles. The van der Waals surface area contributed by atoms with Crippen LogP contribution in [0.25, 0.3) is 11.4 Å². The average Bonchev–Trinajstić information content (AvgIpc) is 3.14. The van der Waals surface area contributed by atoms with Crippen LogP contribution in [-0.4, -0.2) is 58.3 Å². The van der Waals surface area contributed by atoms with Crippen molar-refractivity contribution in [3.63, 3.8) is 0 Å². The number of rotatable bonds is 9. The number of anilines is 1. The molecule has 0 aliphatic heterocycles. The Labute approximate surface area is 182 Å². The molecule has 1 heterocycles. The third kappa shape index (κ3) is 7.16. The van der Waals surface area contributed by atoms with Crippen LogP contribution in [0.1, 0.15) is 20.8 Å². The van der Waals surface area contributed by atoms with E-state index in [2.05, 4.69) is 28.9 Å². The molecule has 0 radical (unpaired) electrons. The van der Waals surface area contributed by atoms with Gasteiger partial charge in [0.1, 0.15) is 6.54 Å². The van der Waals surface area contributed by atoms with Gasteiger partial charge in [-0.25, -0.2) is 4.79 Å². The second-order valence-corrected chi connectivity index (χ2v) is 7.35. The highest BCUT2D eigenvalue weighted by atomic mass is 32.2. The highest BCUT2D eigenvalue weighted by molar-refractivity contribution is 7.99. The summed E-state index contributed by atoms with van der Waals surface area (Å²) in [5, 5.41) is 12.2. The van der Waals surface area contributed by atoms with Crippen LogP contribution in [0, 0.1) is 0 Å². The monoisotopic (exact) mass is 458 g/mol. The number of imide groups is 1. The zero-order valence-electron chi connectivity index (χ0n) is 17.5. The minimum absolute atomic E-state index is 0.196. The third-order valence-corrected chi connectivity index (χ3v) is 5.29. The van der Waals surface area contributed by atoms with Gasteiger partial charge < -0.3 is 14.8 Å². The first-order valence-corrected chi connectivity index (χ1v) is 10.7. The number of hydrogen-bond acceptors (Lipinski definition) is 6. The van der Waals surface area contributed by atoms with E-state index in [0.717, 1.165) is 36.1 Å². The molecule has 0 aliphatic carbocycles. The van der Waals surface area contributed by atoms with Gasteiger partial charge in [-0.2, -0.15) is 13.2 Å². The summed E-state index contributed by atoms with van der Waals surface area (Å²) < 4.78 is 38.1. The summed E-state index contributed by atoms with van der Waals surface area (Å²) in [5.74, 6) is -0.293. The highest BCUT2D eigenvalue weighted by Crippen LogP contribution is 2.26. The van der Waals surface area contributed by atoms with Gasteiger partial charge in [-0.3, -0.25) is 10.1 Å². The molecule has 12 heteroatoms. The Balaban J connectivity index is 2.00. The van der Waals surface area contributed by atoms with Crippen LogP contribution >= 0.6 is 11.8 Å². The molecule has 8 nitrogen and oxygen atoms in total. The van der Waals surface area contributed by atoms with Gasteiger partial charge in [-0.1, -0.05) is 11.8 Å². The molecule has 0 spiro atoms. The minimum atomic E-state index is -4.55. The Kier molecular flexibility index (Phi) is 8.72. The van der Waals surface area contributed by atoms with E-state index in [1.54, 1.807) is 5.32 Å². The van der Waals surface area contributed by atoms with Crippen molar-refractivity contribution in [2.75, 3.05) is 30.3 Å². The van der Waals surface area contributed by atoms with Crippen molar-refractivity contribution in [3.05, 3.63) is 24.3 Å². The summed E-state index contributed by atoms with van der Waals surface area (Å²) in [5.41, 5.74) is 1.97. The Hall–Kier alpha value is -2.76. The van der Waals surface area contributed by atoms with E-state index in [1.165, 1.54) is 0 Å². The number of hydrogen-bond donors (Lipinski definition) is 2. The average molecular weight is 459 g/mol. The van der Waals surface area contributed by atoms with Gasteiger partial charge in [0.25, 0.3) is 0 Å². The topological polar surface area (TPSA) is 92.2 Å². The summed E-state index contributed by atoms with van der Waals surface area (Å²) >= 11 is 1.04. The Morgan fingerprint density at radius 3 is 2.29 bits per heavy atom. The molecule has 2 rings (SSSR count). The van der Waals surface area contributed by atoms with Crippen molar-refractivity contribution in [2.24, 2.45) is 0 Å². The van der Waals surface area contributed by atoms with Crippen molar-refractivity contribution in [3.8, 4) is 11.4 Å². The molecular formula is C19H25F3N6O2S. The lowest BCUT2D eigenvalue weighted by Gasteiger charge is -2.21. The van der Waals surface area contributed by atoms with Crippen LogP contribution in [0.2, 0.25) is 0 Å². The lowest BCUT2D eigenvalue weighted by Crippen LogP contribution is -2.43. The maximum Gasteiger partial charge on any atom is 0.405 e. The number of nitrogens with zero attached hydrogens (tertiary/aromatic N) is 4. The Morgan fingerprint density at radius 2 is 1.74 bits per heavy atom. The number of amides is 3. The predicted octanol–water partition coefficient (Wildman–Crippen LogP) is 3.29. The van der Waals surface area contributed by atoms with Gasteiger partial charge in [0.15, 0.2) is 11.0 Å². The van der Waals surface area contributed by atoms with Gasteiger partial charge in [0, 0.05) is 30.9 Å². The molecular weight excluding hydrogens is 433 g/mol. The van der Waals surface area contributed by atoms with Crippen LogP contribution in [0.4, 0.5) is 23.7 Å². The smallest absolute Gasteiger partial charge is 0.372 e. The first-order valence-electron chi connectivity index (χ1n) is 9.74. The van der Waals surface area contributed by atoms with Crippen molar-refractivity contribution < 1.29 is 22.8 Å². The standard InChI is InChI=1S/C19H25F3N6O2S/c1-4-27(5-2)14-9-7-13(8-10-14)16-25-26-18(28(16)6-3)31-11-15(29)24-17(30)23-12-19(20,21)22/h7-10H,4-6,11-12H2,1-3H3,(H2,23,24,29,30). The number of benzene rings is 1. The van der Waals surface area contributed by atoms with Gasteiger partial charge in [-0.15, -0.1) is 10.2 Å². The lowest BCUT2D eigenvalue weighted by molar-refractivity contribution is -0.124. The summed E-state index contributed by atoms with van der Waals surface area (Å²) in [6.07, 6.45) is -4.55.